The first-order chi connectivity index (χ1) is 6.16. The molecule has 0 spiro atoms. The van der Waals surface area contributed by atoms with Gasteiger partial charge in [0.25, 0.3) is 0 Å². The van der Waals surface area contributed by atoms with Crippen molar-refractivity contribution in [1.29, 1.82) is 0 Å². The summed E-state index contributed by atoms with van der Waals surface area (Å²) in [5.41, 5.74) is 0. The highest BCUT2D eigenvalue weighted by Crippen LogP contribution is 2.20. The van der Waals surface area contributed by atoms with Crippen molar-refractivity contribution in [3.8, 4) is 0 Å². The summed E-state index contributed by atoms with van der Waals surface area (Å²) in [6, 6.07) is -0.156. The molecule has 0 aromatic heterocycles. The van der Waals surface area contributed by atoms with Crippen molar-refractivity contribution < 1.29 is 14.6 Å². The molecule has 4 nitrogen and oxygen atoms in total. The Kier molecular flexibility index (Phi) is 3.69. The molecule has 4 heteroatoms. The standard InChI is InChI=1S/C9H17NO3/c1-7(11)10-6-4-3-5-8(10)9(12)13-2/h8-9,12H,3-6H2,1-2H3. The Labute approximate surface area is 78.5 Å². The second-order valence-corrected chi connectivity index (χ2v) is 3.40. The summed E-state index contributed by atoms with van der Waals surface area (Å²) in [6.45, 7) is 2.26. The van der Waals surface area contributed by atoms with Crippen LogP contribution < -0.4 is 0 Å². The van der Waals surface area contributed by atoms with Crippen LogP contribution in [0.1, 0.15) is 26.2 Å². The number of piperidine rings is 1. The van der Waals surface area contributed by atoms with Gasteiger partial charge in [0, 0.05) is 20.6 Å². The first-order valence-electron chi connectivity index (χ1n) is 4.65. The Balaban J connectivity index is 2.61. The minimum absolute atomic E-state index is 0.0146. The maximum atomic E-state index is 11.2. The molecular formula is C9H17NO3. The molecule has 1 saturated heterocycles. The van der Waals surface area contributed by atoms with Gasteiger partial charge in [-0.25, -0.2) is 0 Å². The van der Waals surface area contributed by atoms with Crippen LogP contribution in [-0.4, -0.2) is 41.9 Å². The quantitative estimate of drug-likeness (QED) is 0.635. The number of carbonyl (C=O) groups excluding carboxylic acids is 1. The molecule has 1 fully saturated rings. The Hall–Kier alpha value is -0.610. The van der Waals surface area contributed by atoms with Crippen LogP contribution in [0.25, 0.3) is 0 Å². The molecule has 0 aromatic rings. The van der Waals surface area contributed by atoms with Gasteiger partial charge in [-0.3, -0.25) is 4.79 Å². The molecule has 1 heterocycles. The number of likely N-dealkylation sites (tertiary alicyclic amines) is 1. The number of aliphatic hydroxyl groups is 1. The van der Waals surface area contributed by atoms with E-state index in [4.69, 9.17) is 4.74 Å². The molecule has 1 aliphatic rings. The highest BCUT2D eigenvalue weighted by molar-refractivity contribution is 5.73. The van der Waals surface area contributed by atoms with Gasteiger partial charge in [0.05, 0.1) is 6.04 Å². The second-order valence-electron chi connectivity index (χ2n) is 3.40. The summed E-state index contributed by atoms with van der Waals surface area (Å²) in [6.07, 6.45) is 2.06. The van der Waals surface area contributed by atoms with E-state index in [0.717, 1.165) is 25.8 Å². The van der Waals surface area contributed by atoms with Gasteiger partial charge in [-0.15, -0.1) is 0 Å². The maximum absolute atomic E-state index is 11.2. The van der Waals surface area contributed by atoms with E-state index in [1.807, 2.05) is 0 Å². The Morgan fingerprint density at radius 3 is 2.85 bits per heavy atom. The molecule has 0 bridgehead atoms. The van der Waals surface area contributed by atoms with Gasteiger partial charge in [0.2, 0.25) is 5.91 Å². The predicted molar refractivity (Wildman–Crippen MR) is 48.0 cm³/mol. The largest absolute Gasteiger partial charge is 0.366 e. The third-order valence-corrected chi connectivity index (χ3v) is 2.52. The van der Waals surface area contributed by atoms with E-state index in [2.05, 4.69) is 0 Å². The molecule has 0 radical (unpaired) electrons. The van der Waals surface area contributed by atoms with E-state index in [9.17, 15) is 9.90 Å². The first-order valence-corrected chi connectivity index (χ1v) is 4.65. The molecule has 1 N–H and O–H groups in total. The summed E-state index contributed by atoms with van der Waals surface area (Å²) < 4.78 is 4.83. The van der Waals surface area contributed by atoms with Crippen LogP contribution in [0, 0.1) is 0 Å². The minimum atomic E-state index is -0.843. The number of rotatable bonds is 2. The Morgan fingerprint density at radius 1 is 1.62 bits per heavy atom. The van der Waals surface area contributed by atoms with Crippen molar-refractivity contribution in [2.45, 2.75) is 38.5 Å². The number of ether oxygens (including phenoxy) is 1. The molecule has 2 unspecified atom stereocenters. The van der Waals surface area contributed by atoms with E-state index in [1.54, 1.807) is 4.90 Å². The van der Waals surface area contributed by atoms with Crippen molar-refractivity contribution in [3.63, 3.8) is 0 Å². The predicted octanol–water partition coefficient (Wildman–Crippen LogP) is 0.352. The van der Waals surface area contributed by atoms with Crippen LogP contribution in [0.4, 0.5) is 0 Å². The molecule has 0 aliphatic carbocycles. The van der Waals surface area contributed by atoms with E-state index >= 15 is 0 Å². The van der Waals surface area contributed by atoms with Crippen LogP contribution in [0.15, 0.2) is 0 Å². The van der Waals surface area contributed by atoms with Crippen molar-refractivity contribution in [1.82, 2.24) is 4.90 Å². The maximum Gasteiger partial charge on any atom is 0.219 e. The van der Waals surface area contributed by atoms with Gasteiger partial charge in [-0.05, 0) is 19.3 Å². The number of hydrogen-bond donors (Lipinski definition) is 1. The highest BCUT2D eigenvalue weighted by Gasteiger charge is 2.30. The fourth-order valence-corrected chi connectivity index (χ4v) is 1.80. The lowest BCUT2D eigenvalue weighted by Gasteiger charge is -2.37. The van der Waals surface area contributed by atoms with Crippen molar-refractivity contribution in [2.75, 3.05) is 13.7 Å². The zero-order valence-corrected chi connectivity index (χ0v) is 8.19. The topological polar surface area (TPSA) is 49.8 Å². The monoisotopic (exact) mass is 187 g/mol. The Bertz CT molecular complexity index is 184. The summed E-state index contributed by atoms with van der Waals surface area (Å²) >= 11 is 0. The lowest BCUT2D eigenvalue weighted by atomic mass is 10.0. The average Bonchev–Trinajstić information content (AvgIpc) is 2.16. The summed E-state index contributed by atoms with van der Waals surface area (Å²) in [7, 11) is 1.46. The van der Waals surface area contributed by atoms with Crippen LogP contribution in [0.2, 0.25) is 0 Å². The van der Waals surface area contributed by atoms with Gasteiger partial charge in [0.15, 0.2) is 6.29 Å². The smallest absolute Gasteiger partial charge is 0.219 e. The second kappa shape index (κ2) is 4.58. The summed E-state index contributed by atoms with van der Waals surface area (Å²) in [4.78, 5) is 12.9. The van der Waals surface area contributed by atoms with Crippen LogP contribution in [0.5, 0.6) is 0 Å². The average molecular weight is 187 g/mol. The molecule has 0 aromatic carbocycles. The van der Waals surface area contributed by atoms with Crippen LogP contribution in [-0.2, 0) is 9.53 Å². The number of aliphatic hydroxyl groups excluding tert-OH is 1. The number of carbonyl (C=O) groups is 1. The third kappa shape index (κ3) is 2.42. The molecule has 76 valence electrons. The zero-order chi connectivity index (χ0) is 9.84. The molecule has 2 atom stereocenters. The van der Waals surface area contributed by atoms with E-state index < -0.39 is 6.29 Å². The van der Waals surface area contributed by atoms with Crippen molar-refractivity contribution in [2.24, 2.45) is 0 Å². The van der Waals surface area contributed by atoms with Gasteiger partial charge < -0.3 is 14.7 Å². The third-order valence-electron chi connectivity index (χ3n) is 2.52. The van der Waals surface area contributed by atoms with E-state index in [-0.39, 0.29) is 11.9 Å². The number of amides is 1. The van der Waals surface area contributed by atoms with Gasteiger partial charge in [0.1, 0.15) is 0 Å². The first kappa shape index (κ1) is 10.5. The molecule has 1 amide bonds. The highest BCUT2D eigenvalue weighted by atomic mass is 16.6. The number of methoxy groups -OCH3 is 1. The van der Waals surface area contributed by atoms with Gasteiger partial charge >= 0.3 is 0 Å². The molecule has 13 heavy (non-hydrogen) atoms. The molecule has 1 aliphatic heterocycles. The van der Waals surface area contributed by atoms with Crippen molar-refractivity contribution in [3.05, 3.63) is 0 Å². The normalized spacial score (nSPS) is 25.8. The van der Waals surface area contributed by atoms with E-state index in [1.165, 1.54) is 14.0 Å². The summed E-state index contributed by atoms with van der Waals surface area (Å²) in [5, 5.41) is 9.49. The lowest BCUT2D eigenvalue weighted by molar-refractivity contribution is -0.156. The summed E-state index contributed by atoms with van der Waals surface area (Å²) in [5.74, 6) is 0.0146. The zero-order valence-electron chi connectivity index (χ0n) is 8.19. The van der Waals surface area contributed by atoms with Gasteiger partial charge in [-0.1, -0.05) is 0 Å². The van der Waals surface area contributed by atoms with E-state index in [0.29, 0.717) is 0 Å². The SMILES string of the molecule is COC(O)C1CCCCN1C(C)=O. The number of hydrogen-bond acceptors (Lipinski definition) is 3. The molecule has 0 saturated carbocycles. The molecule has 1 rings (SSSR count). The van der Waals surface area contributed by atoms with Crippen LogP contribution in [0.3, 0.4) is 0 Å². The fourth-order valence-electron chi connectivity index (χ4n) is 1.80. The van der Waals surface area contributed by atoms with Crippen LogP contribution >= 0.6 is 0 Å². The van der Waals surface area contributed by atoms with Gasteiger partial charge in [-0.2, -0.15) is 0 Å². The minimum Gasteiger partial charge on any atom is -0.366 e. The lowest BCUT2D eigenvalue weighted by Crippen LogP contribution is -2.49. The number of nitrogens with zero attached hydrogens (tertiary/aromatic N) is 1. The van der Waals surface area contributed by atoms with Crippen molar-refractivity contribution >= 4 is 5.91 Å². The Morgan fingerprint density at radius 2 is 2.31 bits per heavy atom. The molecular weight excluding hydrogens is 170 g/mol. The fraction of sp³-hybridized carbons (Fsp3) is 0.889.